The highest BCUT2D eigenvalue weighted by Crippen LogP contribution is 2.38. The van der Waals surface area contributed by atoms with E-state index in [1.54, 1.807) is 23.6 Å². The zero-order valence-electron chi connectivity index (χ0n) is 22.0. The molecule has 0 saturated heterocycles. The summed E-state index contributed by atoms with van der Waals surface area (Å²) in [6, 6.07) is 25.0. The number of rotatable bonds is 2. The summed E-state index contributed by atoms with van der Waals surface area (Å²) < 4.78 is 11.8. The van der Waals surface area contributed by atoms with Crippen LogP contribution in [0.4, 0.5) is 0 Å². The van der Waals surface area contributed by atoms with Gasteiger partial charge in [-0.2, -0.15) is 0 Å². The Morgan fingerprint density at radius 3 is 2.52 bits per heavy atom. The molecule has 1 unspecified atom stereocenters. The molecule has 2 aliphatic rings. The first-order chi connectivity index (χ1) is 19.3. The van der Waals surface area contributed by atoms with Crippen molar-refractivity contribution in [1.29, 1.82) is 0 Å². The average molecular weight is 535 g/mol. The Bertz CT molecular complexity index is 1890. The van der Waals surface area contributed by atoms with Gasteiger partial charge in [0.2, 0.25) is 0 Å². The van der Waals surface area contributed by atoms with Crippen molar-refractivity contribution >= 4 is 33.6 Å². The van der Waals surface area contributed by atoms with Crippen molar-refractivity contribution in [2.45, 2.75) is 39.0 Å². The molecule has 0 aliphatic carbocycles. The fourth-order valence-corrected chi connectivity index (χ4v) is 5.36. The van der Waals surface area contributed by atoms with E-state index in [1.807, 2.05) is 66.7 Å². The third-order valence-corrected chi connectivity index (χ3v) is 7.42. The van der Waals surface area contributed by atoms with Crippen molar-refractivity contribution in [3.63, 3.8) is 0 Å². The predicted molar refractivity (Wildman–Crippen MR) is 150 cm³/mol. The highest BCUT2D eigenvalue weighted by atomic mass is 16.6. The lowest BCUT2D eigenvalue weighted by Crippen LogP contribution is -2.44. The second-order valence-electron chi connectivity index (χ2n) is 9.86. The summed E-state index contributed by atoms with van der Waals surface area (Å²) in [6.07, 6.45) is 0.139. The monoisotopic (exact) mass is 534 g/mol. The zero-order valence-corrected chi connectivity index (χ0v) is 22.0. The molecule has 8 nitrogen and oxygen atoms in total. The molecule has 1 atom stereocenters. The van der Waals surface area contributed by atoms with Gasteiger partial charge in [0.1, 0.15) is 12.4 Å². The number of para-hydroxylation sites is 1. The molecule has 0 spiro atoms. The maximum Gasteiger partial charge on any atom is 0.343 e. The lowest BCUT2D eigenvalue weighted by molar-refractivity contribution is -0.172. The largest absolute Gasteiger partial charge is 0.458 e. The maximum atomic E-state index is 13.0. The van der Waals surface area contributed by atoms with E-state index >= 15 is 0 Å². The van der Waals surface area contributed by atoms with Crippen LogP contribution < -0.4 is 10.3 Å². The van der Waals surface area contributed by atoms with Crippen LogP contribution in [-0.4, -0.2) is 26.6 Å². The maximum absolute atomic E-state index is 13.0. The van der Waals surface area contributed by atoms with E-state index in [-0.39, 0.29) is 24.6 Å². The van der Waals surface area contributed by atoms with E-state index in [9.17, 15) is 19.5 Å². The van der Waals surface area contributed by atoms with E-state index in [2.05, 4.69) is 0 Å². The fourth-order valence-electron chi connectivity index (χ4n) is 5.36. The van der Waals surface area contributed by atoms with Gasteiger partial charge >= 0.3 is 11.9 Å². The molecule has 5 aromatic rings. The smallest absolute Gasteiger partial charge is 0.343 e. The molecule has 0 bridgehead atoms. The van der Waals surface area contributed by atoms with Gasteiger partial charge in [-0.15, -0.1) is 0 Å². The Morgan fingerprint density at radius 1 is 1.02 bits per heavy atom. The van der Waals surface area contributed by atoms with Crippen molar-refractivity contribution in [3.8, 4) is 17.1 Å². The molecule has 200 valence electrons. The first-order valence-corrected chi connectivity index (χ1v) is 13.0. The van der Waals surface area contributed by atoms with Gasteiger partial charge in [0.05, 0.1) is 29.0 Å². The number of aromatic nitrogens is 2. The van der Waals surface area contributed by atoms with Crippen LogP contribution in [0.15, 0.2) is 83.7 Å². The number of carbonyl (C=O) groups excluding carboxylic acids is 2. The van der Waals surface area contributed by atoms with Gasteiger partial charge < -0.3 is 19.1 Å². The van der Waals surface area contributed by atoms with Gasteiger partial charge in [-0.05, 0) is 36.1 Å². The van der Waals surface area contributed by atoms with Crippen LogP contribution in [0, 0.1) is 0 Å². The highest BCUT2D eigenvalue weighted by molar-refractivity contribution is 5.90. The number of carbonyl (C=O) groups is 2. The minimum Gasteiger partial charge on any atom is -0.458 e. The van der Waals surface area contributed by atoms with Gasteiger partial charge in [-0.3, -0.25) is 9.59 Å². The second kappa shape index (κ2) is 9.73. The molecule has 2 aliphatic heterocycles. The average Bonchev–Trinajstić information content (AvgIpc) is 3.32. The lowest BCUT2D eigenvalue weighted by atomic mass is 9.86. The Hall–Kier alpha value is -4.82. The molecular weight excluding hydrogens is 508 g/mol. The topological polar surface area (TPSA) is 108 Å². The number of cyclic esters (lactones) is 1. The number of pyridine rings is 2. The van der Waals surface area contributed by atoms with Gasteiger partial charge in [0.25, 0.3) is 5.56 Å². The van der Waals surface area contributed by atoms with Crippen LogP contribution in [0.2, 0.25) is 0 Å². The van der Waals surface area contributed by atoms with Crippen LogP contribution in [0.1, 0.15) is 37.0 Å². The summed E-state index contributed by atoms with van der Waals surface area (Å²) in [5.74, 6) is -0.376. The van der Waals surface area contributed by atoms with Crippen LogP contribution in [0.5, 0.6) is 5.75 Å². The predicted octanol–water partition coefficient (Wildman–Crippen LogP) is 4.84. The summed E-state index contributed by atoms with van der Waals surface area (Å²) in [7, 11) is 0. The first-order valence-electron chi connectivity index (χ1n) is 13.0. The molecule has 40 heavy (non-hydrogen) atoms. The van der Waals surface area contributed by atoms with E-state index in [0.717, 1.165) is 32.9 Å². The zero-order chi connectivity index (χ0) is 28.0. The highest BCUT2D eigenvalue weighted by Gasteiger charge is 2.45. The SMILES string of the molecule is CC(=O)Oc1cccc2ccccc12.CCC1(O)C(=O)OCc2c1cc1n(c2=O)Cc2cc3ccccc3nc2-1. The summed E-state index contributed by atoms with van der Waals surface area (Å²) in [4.78, 5) is 40.7. The number of benzene rings is 3. The molecule has 0 radical (unpaired) electrons. The van der Waals surface area contributed by atoms with Crippen molar-refractivity contribution in [3.05, 3.63) is 106 Å². The molecule has 3 aromatic carbocycles. The van der Waals surface area contributed by atoms with Gasteiger partial charge in [-0.1, -0.05) is 61.5 Å². The lowest BCUT2D eigenvalue weighted by Gasteiger charge is -2.31. The molecule has 0 saturated carbocycles. The van der Waals surface area contributed by atoms with Crippen LogP contribution >= 0.6 is 0 Å². The number of hydrogen-bond acceptors (Lipinski definition) is 7. The van der Waals surface area contributed by atoms with Crippen molar-refractivity contribution in [1.82, 2.24) is 9.55 Å². The Balaban J connectivity index is 0.000000175. The summed E-state index contributed by atoms with van der Waals surface area (Å²) in [6.45, 7) is 3.41. The molecule has 0 amide bonds. The number of fused-ring (bicyclic) bond motifs is 6. The van der Waals surface area contributed by atoms with Gasteiger partial charge in [-0.25, -0.2) is 9.78 Å². The second-order valence-corrected chi connectivity index (χ2v) is 9.86. The quantitative estimate of drug-likeness (QED) is 0.250. The number of hydrogen-bond donors (Lipinski definition) is 1. The van der Waals surface area contributed by atoms with Crippen molar-refractivity contribution in [2.75, 3.05) is 0 Å². The number of ether oxygens (including phenoxy) is 2. The van der Waals surface area contributed by atoms with Crippen LogP contribution in [-0.2, 0) is 33.1 Å². The minimum atomic E-state index is -1.79. The Kier molecular flexibility index (Phi) is 6.19. The van der Waals surface area contributed by atoms with Crippen LogP contribution in [0.3, 0.4) is 0 Å². The Morgan fingerprint density at radius 2 is 1.75 bits per heavy atom. The molecule has 4 heterocycles. The fraction of sp³-hybridized carbons (Fsp3) is 0.188. The van der Waals surface area contributed by atoms with E-state index in [1.165, 1.54) is 6.92 Å². The first kappa shape index (κ1) is 25.5. The number of nitrogens with zero attached hydrogens (tertiary/aromatic N) is 2. The summed E-state index contributed by atoms with van der Waals surface area (Å²) in [5.41, 5.74) is 1.81. The number of aliphatic hydroxyl groups is 1. The van der Waals surface area contributed by atoms with Crippen molar-refractivity contribution in [2.24, 2.45) is 0 Å². The molecule has 0 fully saturated rings. The van der Waals surface area contributed by atoms with Gasteiger partial charge in [0, 0.05) is 28.8 Å². The standard InChI is InChI=1S/C20H16N2O4.C12H10O2/c1-2-20(25)14-8-16-17-12(7-11-5-3-4-6-15(11)21-17)9-22(16)18(23)13(14)10-26-19(20)24;1-9(13)14-12-8-4-6-10-5-2-3-7-11(10)12/h3-8,25H,2,9-10H2,1H3;2-8H,1H3. The molecule has 7 rings (SSSR count). The summed E-state index contributed by atoms with van der Waals surface area (Å²) >= 11 is 0. The molecule has 8 heteroatoms. The third kappa shape index (κ3) is 4.13. The molecule has 1 N–H and O–H groups in total. The molecular formula is C32H26N2O6. The normalized spacial score (nSPS) is 16.8. The van der Waals surface area contributed by atoms with Crippen molar-refractivity contribution < 1.29 is 24.2 Å². The van der Waals surface area contributed by atoms with E-state index in [4.69, 9.17) is 14.5 Å². The van der Waals surface area contributed by atoms with E-state index in [0.29, 0.717) is 29.1 Å². The Labute approximate surface area is 229 Å². The van der Waals surface area contributed by atoms with Crippen LogP contribution in [0.25, 0.3) is 33.1 Å². The molecule has 2 aromatic heterocycles. The minimum absolute atomic E-state index is 0.110. The van der Waals surface area contributed by atoms with Gasteiger partial charge in [0.15, 0.2) is 5.60 Å². The van der Waals surface area contributed by atoms with E-state index < -0.39 is 11.6 Å². The third-order valence-electron chi connectivity index (χ3n) is 7.42. The summed E-state index contributed by atoms with van der Waals surface area (Å²) in [5, 5.41) is 13.9. The number of esters is 2.